The maximum Gasteiger partial charge on any atom is 0.256 e. The van der Waals surface area contributed by atoms with E-state index < -0.39 is 0 Å². The molecule has 0 unspecified atom stereocenters. The average Bonchev–Trinajstić information content (AvgIpc) is 3.54. The molecular weight excluding hydrogens is 402 g/mol. The van der Waals surface area contributed by atoms with Crippen LogP contribution in [-0.2, 0) is 4.79 Å². The third kappa shape index (κ3) is 2.97. The fraction of sp³-hybridized carbons (Fsp3) is 0.0417. The highest BCUT2D eigenvalue weighted by atomic mass is 16.2. The fourth-order valence-corrected chi connectivity index (χ4v) is 4.05. The number of anilines is 1. The van der Waals surface area contributed by atoms with Gasteiger partial charge < -0.3 is 5.32 Å². The summed E-state index contributed by atoms with van der Waals surface area (Å²) in [4.78, 5) is 12.5. The zero-order valence-electron chi connectivity index (χ0n) is 17.0. The first kappa shape index (κ1) is 18.2. The highest BCUT2D eigenvalue weighted by molar-refractivity contribution is 6.35. The molecule has 1 amide bonds. The SMILES string of the molecule is Cc1ccc2c(c1)C(=Cc1ccc3c(-c4cccc(-c5nnn[nH]5)c4)n[nH]c3c1)C(=O)N2. The van der Waals surface area contributed by atoms with E-state index >= 15 is 0 Å². The van der Waals surface area contributed by atoms with E-state index in [1.807, 2.05) is 73.7 Å². The molecule has 2 aromatic heterocycles. The normalized spacial score (nSPS) is 14.2. The number of nitrogens with one attached hydrogen (secondary N) is 3. The van der Waals surface area contributed by atoms with Crippen LogP contribution in [0.3, 0.4) is 0 Å². The van der Waals surface area contributed by atoms with E-state index in [0.717, 1.165) is 50.1 Å². The van der Waals surface area contributed by atoms with E-state index in [4.69, 9.17) is 0 Å². The Morgan fingerprint density at radius 2 is 1.84 bits per heavy atom. The second kappa shape index (κ2) is 6.98. The molecule has 0 saturated carbocycles. The molecule has 8 heteroatoms. The van der Waals surface area contributed by atoms with Gasteiger partial charge in [-0.3, -0.25) is 9.89 Å². The number of carbonyl (C=O) groups excluding carboxylic acids is 1. The quantitative estimate of drug-likeness (QED) is 0.379. The molecule has 0 spiro atoms. The molecule has 3 N–H and O–H groups in total. The molecular formula is C24H17N7O. The summed E-state index contributed by atoms with van der Waals surface area (Å²) in [6, 6.07) is 19.9. The molecule has 1 aliphatic rings. The van der Waals surface area contributed by atoms with E-state index in [2.05, 4.69) is 36.1 Å². The van der Waals surface area contributed by atoms with Crippen molar-refractivity contribution in [3.8, 4) is 22.6 Å². The minimum atomic E-state index is -0.0882. The van der Waals surface area contributed by atoms with Crippen LogP contribution in [0.15, 0.2) is 60.7 Å². The molecule has 0 fully saturated rings. The Bertz CT molecular complexity index is 1530. The predicted molar refractivity (Wildman–Crippen MR) is 122 cm³/mol. The molecule has 0 aliphatic carbocycles. The second-order valence-electron chi connectivity index (χ2n) is 7.77. The van der Waals surface area contributed by atoms with Gasteiger partial charge in [-0.1, -0.05) is 35.9 Å². The number of tetrazole rings is 1. The Kier molecular flexibility index (Phi) is 3.97. The topological polar surface area (TPSA) is 112 Å². The van der Waals surface area contributed by atoms with Crippen molar-refractivity contribution in [3.05, 3.63) is 77.4 Å². The summed E-state index contributed by atoms with van der Waals surface area (Å²) in [5.41, 5.74) is 8.05. The van der Waals surface area contributed by atoms with Crippen LogP contribution < -0.4 is 5.32 Å². The third-order valence-electron chi connectivity index (χ3n) is 5.61. The van der Waals surface area contributed by atoms with Crippen molar-refractivity contribution in [1.82, 2.24) is 30.8 Å². The molecule has 1 aliphatic heterocycles. The van der Waals surface area contributed by atoms with Crippen LogP contribution in [-0.4, -0.2) is 36.7 Å². The van der Waals surface area contributed by atoms with E-state index in [9.17, 15) is 4.79 Å². The van der Waals surface area contributed by atoms with Gasteiger partial charge in [-0.2, -0.15) is 5.10 Å². The van der Waals surface area contributed by atoms with Crippen molar-refractivity contribution in [2.75, 3.05) is 5.32 Å². The van der Waals surface area contributed by atoms with Gasteiger partial charge in [0.2, 0.25) is 0 Å². The van der Waals surface area contributed by atoms with Gasteiger partial charge in [0.1, 0.15) is 0 Å². The van der Waals surface area contributed by atoms with Crippen LogP contribution in [0.25, 0.3) is 45.2 Å². The first-order chi connectivity index (χ1) is 15.7. The molecule has 0 atom stereocenters. The monoisotopic (exact) mass is 419 g/mol. The molecule has 0 bridgehead atoms. The standard InChI is InChI=1S/C24H17N7O/c1-13-5-8-20-18(9-13)19(24(32)25-20)10-14-6-7-17-21(11-14)26-27-22(17)15-3-2-4-16(12-15)23-28-30-31-29-23/h2-12H,1H3,(H,25,32)(H,26,27)(H,28,29,30,31). The third-order valence-corrected chi connectivity index (χ3v) is 5.61. The van der Waals surface area contributed by atoms with Gasteiger partial charge in [0.15, 0.2) is 5.82 Å². The van der Waals surface area contributed by atoms with E-state index in [0.29, 0.717) is 11.4 Å². The summed E-state index contributed by atoms with van der Waals surface area (Å²) >= 11 is 0. The molecule has 3 heterocycles. The molecule has 0 saturated heterocycles. The Balaban J connectivity index is 1.39. The van der Waals surface area contributed by atoms with Gasteiger partial charge in [-0.05, 0) is 59.3 Å². The van der Waals surface area contributed by atoms with Crippen molar-refractivity contribution in [3.63, 3.8) is 0 Å². The summed E-state index contributed by atoms with van der Waals surface area (Å²) in [6.45, 7) is 2.02. The van der Waals surface area contributed by atoms with Crippen LogP contribution in [0.4, 0.5) is 5.69 Å². The van der Waals surface area contributed by atoms with E-state index in [1.165, 1.54) is 0 Å². The number of benzene rings is 3. The fourth-order valence-electron chi connectivity index (χ4n) is 4.05. The van der Waals surface area contributed by atoms with Crippen molar-refractivity contribution < 1.29 is 4.79 Å². The smallest absolute Gasteiger partial charge is 0.256 e. The number of hydrogen-bond acceptors (Lipinski definition) is 5. The number of hydrogen-bond donors (Lipinski definition) is 3. The first-order valence-corrected chi connectivity index (χ1v) is 10.1. The molecule has 8 nitrogen and oxygen atoms in total. The number of amides is 1. The number of aromatic nitrogens is 6. The summed E-state index contributed by atoms with van der Waals surface area (Å²) in [5.74, 6) is 0.515. The van der Waals surface area contributed by atoms with Gasteiger partial charge >= 0.3 is 0 Å². The molecule has 3 aromatic carbocycles. The zero-order chi connectivity index (χ0) is 21.7. The van der Waals surface area contributed by atoms with Crippen molar-refractivity contribution in [1.29, 1.82) is 0 Å². The summed E-state index contributed by atoms with van der Waals surface area (Å²) in [6.07, 6.45) is 1.91. The zero-order valence-corrected chi connectivity index (χ0v) is 17.0. The highest BCUT2D eigenvalue weighted by Gasteiger charge is 2.24. The van der Waals surface area contributed by atoms with Crippen LogP contribution in [0.1, 0.15) is 16.7 Å². The molecule has 154 valence electrons. The Morgan fingerprint density at radius 3 is 2.72 bits per heavy atom. The van der Waals surface area contributed by atoms with Crippen LogP contribution in [0.5, 0.6) is 0 Å². The number of fused-ring (bicyclic) bond motifs is 2. The average molecular weight is 419 g/mol. The summed E-state index contributed by atoms with van der Waals surface area (Å²) in [7, 11) is 0. The second-order valence-corrected chi connectivity index (χ2v) is 7.77. The van der Waals surface area contributed by atoms with Gasteiger partial charge in [0.25, 0.3) is 5.91 Å². The van der Waals surface area contributed by atoms with Gasteiger partial charge in [0.05, 0.1) is 11.2 Å². The molecule has 6 rings (SSSR count). The van der Waals surface area contributed by atoms with Crippen LogP contribution in [0, 0.1) is 6.92 Å². The van der Waals surface area contributed by atoms with Gasteiger partial charge in [-0.25, -0.2) is 5.10 Å². The molecule has 5 aromatic rings. The lowest BCUT2D eigenvalue weighted by molar-refractivity contribution is -0.110. The Hall–Kier alpha value is -4.59. The minimum absolute atomic E-state index is 0.0882. The number of rotatable bonds is 3. The predicted octanol–water partition coefficient (Wildman–Crippen LogP) is 4.21. The highest BCUT2D eigenvalue weighted by Crippen LogP contribution is 2.35. The number of aromatic amines is 2. The molecule has 0 radical (unpaired) electrons. The maximum atomic E-state index is 12.5. The van der Waals surface area contributed by atoms with Crippen LogP contribution in [0.2, 0.25) is 0 Å². The number of aryl methyl sites for hydroxylation is 1. The van der Waals surface area contributed by atoms with E-state index in [1.54, 1.807) is 0 Å². The molecule has 32 heavy (non-hydrogen) atoms. The van der Waals surface area contributed by atoms with E-state index in [-0.39, 0.29) is 5.91 Å². The van der Waals surface area contributed by atoms with Crippen molar-refractivity contribution in [2.45, 2.75) is 6.92 Å². The van der Waals surface area contributed by atoms with Crippen LogP contribution >= 0.6 is 0 Å². The largest absolute Gasteiger partial charge is 0.321 e. The lowest BCUT2D eigenvalue weighted by atomic mass is 10.0. The Labute approximate surface area is 182 Å². The first-order valence-electron chi connectivity index (χ1n) is 10.1. The van der Waals surface area contributed by atoms with Crippen molar-refractivity contribution in [2.24, 2.45) is 0 Å². The lowest BCUT2D eigenvalue weighted by Crippen LogP contribution is -2.03. The number of nitrogens with zero attached hydrogens (tertiary/aromatic N) is 4. The van der Waals surface area contributed by atoms with Gasteiger partial charge in [0, 0.05) is 33.3 Å². The van der Waals surface area contributed by atoms with Crippen molar-refractivity contribution >= 4 is 34.1 Å². The number of H-pyrrole nitrogens is 2. The lowest BCUT2D eigenvalue weighted by Gasteiger charge is -2.02. The summed E-state index contributed by atoms with van der Waals surface area (Å²) in [5, 5.41) is 25.6. The van der Waals surface area contributed by atoms with Gasteiger partial charge in [-0.15, -0.1) is 5.10 Å². The maximum absolute atomic E-state index is 12.5. The summed E-state index contributed by atoms with van der Waals surface area (Å²) < 4.78 is 0. The Morgan fingerprint density at radius 1 is 0.938 bits per heavy atom. The minimum Gasteiger partial charge on any atom is -0.321 e. The number of carbonyl (C=O) groups is 1.